The zero-order valence-electron chi connectivity index (χ0n) is 12.1. The van der Waals surface area contributed by atoms with Gasteiger partial charge in [0.2, 0.25) is 11.8 Å². The Labute approximate surface area is 126 Å². The molecule has 0 saturated heterocycles. The first-order chi connectivity index (χ1) is 10.0. The number of anilines is 2. The van der Waals surface area contributed by atoms with Crippen molar-refractivity contribution in [2.24, 2.45) is 0 Å². The van der Waals surface area contributed by atoms with E-state index in [0.29, 0.717) is 24.7 Å². The summed E-state index contributed by atoms with van der Waals surface area (Å²) < 4.78 is 0. The van der Waals surface area contributed by atoms with Gasteiger partial charge in [-0.2, -0.15) is 4.98 Å². The maximum absolute atomic E-state index is 11.2. The molecule has 0 atom stereocenters. The summed E-state index contributed by atoms with van der Waals surface area (Å²) in [6.45, 7) is 6.70. The smallest absolute Gasteiger partial charge is 0.332 e. The van der Waals surface area contributed by atoms with E-state index in [1.54, 1.807) is 18.3 Å². The van der Waals surface area contributed by atoms with Gasteiger partial charge in [-0.1, -0.05) is 0 Å². The first-order valence-electron chi connectivity index (χ1n) is 6.56. The lowest BCUT2D eigenvalue weighted by atomic mass is 10.3. The molecular formula is C13H17N5O2S. The monoisotopic (exact) mass is 307 g/mol. The van der Waals surface area contributed by atoms with Gasteiger partial charge in [0.05, 0.1) is 11.5 Å². The van der Waals surface area contributed by atoms with E-state index >= 15 is 0 Å². The van der Waals surface area contributed by atoms with Crippen molar-refractivity contribution in [3.63, 3.8) is 0 Å². The molecule has 0 radical (unpaired) electrons. The maximum Gasteiger partial charge on any atom is 0.332 e. The molecule has 7 nitrogen and oxygen atoms in total. The number of nitrogens with zero attached hydrogens (tertiary/aromatic N) is 3. The molecule has 8 heteroatoms. The highest BCUT2D eigenvalue weighted by molar-refractivity contribution is 7.10. The van der Waals surface area contributed by atoms with Crippen LogP contribution in [0.2, 0.25) is 0 Å². The van der Waals surface area contributed by atoms with Crippen molar-refractivity contribution < 1.29 is 4.92 Å². The Hall–Kier alpha value is -2.22. The summed E-state index contributed by atoms with van der Waals surface area (Å²) in [4.78, 5) is 20.2. The van der Waals surface area contributed by atoms with Crippen molar-refractivity contribution in [1.82, 2.24) is 9.97 Å². The average Bonchev–Trinajstić information content (AvgIpc) is 2.81. The lowest BCUT2D eigenvalue weighted by Gasteiger charge is -2.10. The molecule has 2 heterocycles. The summed E-state index contributed by atoms with van der Waals surface area (Å²) in [5, 5.41) is 19.2. The molecule has 0 spiro atoms. The Balaban J connectivity index is 2.30. The van der Waals surface area contributed by atoms with Gasteiger partial charge in [-0.15, -0.1) is 11.3 Å². The van der Waals surface area contributed by atoms with Gasteiger partial charge >= 0.3 is 5.69 Å². The fourth-order valence-electron chi connectivity index (χ4n) is 1.90. The Morgan fingerprint density at radius 3 is 2.67 bits per heavy atom. The first kappa shape index (κ1) is 15.2. The van der Waals surface area contributed by atoms with Crippen molar-refractivity contribution >= 4 is 28.8 Å². The Morgan fingerprint density at radius 1 is 1.33 bits per heavy atom. The highest BCUT2D eigenvalue weighted by Gasteiger charge is 2.22. The van der Waals surface area contributed by atoms with Gasteiger partial charge in [-0.25, -0.2) is 4.98 Å². The summed E-state index contributed by atoms with van der Waals surface area (Å²) in [6.07, 6.45) is 0. The zero-order chi connectivity index (χ0) is 15.4. The molecule has 112 valence electrons. The van der Waals surface area contributed by atoms with E-state index in [1.807, 2.05) is 25.3 Å². The standard InChI is InChI=1S/C13H17N5O2S/c1-4-14-13-16-9(3)11(18(19)20)12(17-13)15-7-10-8(2)5-6-21-10/h5-6H,4,7H2,1-3H3,(H2,14,15,16,17). The number of hydrogen-bond donors (Lipinski definition) is 2. The maximum atomic E-state index is 11.2. The fraction of sp³-hybridized carbons (Fsp3) is 0.385. The van der Waals surface area contributed by atoms with Crippen molar-refractivity contribution in [1.29, 1.82) is 0 Å². The zero-order valence-corrected chi connectivity index (χ0v) is 13.0. The minimum absolute atomic E-state index is 0.0779. The van der Waals surface area contributed by atoms with E-state index < -0.39 is 4.92 Å². The van der Waals surface area contributed by atoms with Crippen LogP contribution in [0.3, 0.4) is 0 Å². The predicted molar refractivity (Wildman–Crippen MR) is 84.0 cm³/mol. The molecule has 0 saturated carbocycles. The molecule has 2 N–H and O–H groups in total. The molecule has 2 aromatic rings. The van der Waals surface area contributed by atoms with Gasteiger partial charge in [0, 0.05) is 11.4 Å². The molecule has 2 aromatic heterocycles. The van der Waals surface area contributed by atoms with Crippen molar-refractivity contribution in [3.05, 3.63) is 37.7 Å². The average molecular weight is 307 g/mol. The van der Waals surface area contributed by atoms with Crippen LogP contribution in [0.25, 0.3) is 0 Å². The minimum Gasteiger partial charge on any atom is -0.359 e. The van der Waals surface area contributed by atoms with E-state index in [9.17, 15) is 10.1 Å². The first-order valence-corrected chi connectivity index (χ1v) is 7.44. The van der Waals surface area contributed by atoms with Crippen LogP contribution in [0, 0.1) is 24.0 Å². The third-order valence-electron chi connectivity index (χ3n) is 2.96. The Bertz CT molecular complexity index is 656. The van der Waals surface area contributed by atoms with Crippen LogP contribution in [0.4, 0.5) is 17.5 Å². The highest BCUT2D eigenvalue weighted by atomic mass is 32.1. The van der Waals surface area contributed by atoms with Crippen LogP contribution >= 0.6 is 11.3 Å². The third kappa shape index (κ3) is 3.46. The van der Waals surface area contributed by atoms with Crippen LogP contribution in [0.5, 0.6) is 0 Å². The number of aryl methyl sites for hydroxylation is 2. The molecule has 0 bridgehead atoms. The van der Waals surface area contributed by atoms with Gasteiger partial charge in [0.15, 0.2) is 0 Å². The normalized spacial score (nSPS) is 10.4. The fourth-order valence-corrected chi connectivity index (χ4v) is 2.74. The predicted octanol–water partition coefficient (Wildman–Crippen LogP) is 3.11. The summed E-state index contributed by atoms with van der Waals surface area (Å²) in [7, 11) is 0. The SMILES string of the molecule is CCNc1nc(C)c([N+](=O)[O-])c(NCc2sccc2C)n1. The van der Waals surface area contributed by atoms with Crippen molar-refractivity contribution in [3.8, 4) is 0 Å². The summed E-state index contributed by atoms with van der Waals surface area (Å²) in [5.41, 5.74) is 1.43. The molecule has 0 amide bonds. The number of nitro groups is 1. The van der Waals surface area contributed by atoms with Crippen LogP contribution < -0.4 is 10.6 Å². The van der Waals surface area contributed by atoms with Gasteiger partial charge in [-0.05, 0) is 37.8 Å². The summed E-state index contributed by atoms with van der Waals surface area (Å²) in [5.74, 6) is 0.641. The molecule has 2 rings (SSSR count). The number of hydrogen-bond acceptors (Lipinski definition) is 7. The molecule has 0 aromatic carbocycles. The third-order valence-corrected chi connectivity index (χ3v) is 3.98. The van der Waals surface area contributed by atoms with E-state index in [4.69, 9.17) is 0 Å². The number of nitrogens with one attached hydrogen (secondary N) is 2. The molecule has 0 aliphatic carbocycles. The highest BCUT2D eigenvalue weighted by Crippen LogP contribution is 2.27. The van der Waals surface area contributed by atoms with Crippen molar-refractivity contribution in [2.75, 3.05) is 17.2 Å². The van der Waals surface area contributed by atoms with E-state index in [0.717, 1.165) is 10.4 Å². The second-order valence-corrected chi connectivity index (χ2v) is 5.50. The lowest BCUT2D eigenvalue weighted by molar-refractivity contribution is -0.385. The van der Waals surface area contributed by atoms with Crippen LogP contribution in [0.15, 0.2) is 11.4 Å². The molecule has 0 unspecified atom stereocenters. The summed E-state index contributed by atoms with van der Waals surface area (Å²) in [6, 6.07) is 2.02. The minimum atomic E-state index is -0.450. The molecule has 0 aliphatic heterocycles. The van der Waals surface area contributed by atoms with E-state index in [2.05, 4.69) is 20.6 Å². The van der Waals surface area contributed by atoms with Gasteiger partial charge in [-0.3, -0.25) is 10.1 Å². The number of aromatic nitrogens is 2. The Kier molecular flexibility index (Phi) is 4.69. The topological polar surface area (TPSA) is 93.0 Å². The number of thiophene rings is 1. The summed E-state index contributed by atoms with van der Waals surface area (Å²) >= 11 is 1.61. The molecule has 0 aliphatic rings. The molecule has 0 fully saturated rings. The molecular weight excluding hydrogens is 290 g/mol. The number of rotatable bonds is 6. The lowest BCUT2D eigenvalue weighted by Crippen LogP contribution is -2.11. The van der Waals surface area contributed by atoms with Gasteiger partial charge < -0.3 is 10.6 Å². The quantitative estimate of drug-likeness (QED) is 0.629. The van der Waals surface area contributed by atoms with Gasteiger partial charge in [0.1, 0.15) is 5.69 Å². The van der Waals surface area contributed by atoms with E-state index in [1.165, 1.54) is 0 Å². The Morgan fingerprint density at radius 2 is 2.10 bits per heavy atom. The van der Waals surface area contributed by atoms with Crippen LogP contribution in [-0.2, 0) is 6.54 Å². The second kappa shape index (κ2) is 6.49. The largest absolute Gasteiger partial charge is 0.359 e. The van der Waals surface area contributed by atoms with Crippen LogP contribution in [0.1, 0.15) is 23.1 Å². The van der Waals surface area contributed by atoms with Crippen LogP contribution in [-0.4, -0.2) is 21.4 Å². The second-order valence-electron chi connectivity index (χ2n) is 4.50. The van der Waals surface area contributed by atoms with Crippen molar-refractivity contribution in [2.45, 2.75) is 27.3 Å². The van der Waals surface area contributed by atoms with E-state index in [-0.39, 0.29) is 11.5 Å². The molecule has 21 heavy (non-hydrogen) atoms. The van der Waals surface area contributed by atoms with Gasteiger partial charge in [0.25, 0.3) is 0 Å².